The van der Waals surface area contributed by atoms with Gasteiger partial charge in [0.05, 0.1) is 11.5 Å². The summed E-state index contributed by atoms with van der Waals surface area (Å²) in [4.78, 5) is 26.1. The first kappa shape index (κ1) is 17.6. The van der Waals surface area contributed by atoms with Crippen molar-refractivity contribution < 1.29 is 24.4 Å². The van der Waals surface area contributed by atoms with Crippen molar-refractivity contribution in [1.29, 1.82) is 0 Å². The Bertz CT molecular complexity index is 932. The van der Waals surface area contributed by atoms with Crippen molar-refractivity contribution in [3.8, 4) is 5.75 Å². The quantitative estimate of drug-likeness (QED) is 0.704. The van der Waals surface area contributed by atoms with Crippen LogP contribution in [-0.2, 0) is 19.5 Å². The van der Waals surface area contributed by atoms with Gasteiger partial charge in [-0.25, -0.2) is 4.79 Å². The van der Waals surface area contributed by atoms with Crippen LogP contribution in [0.25, 0.3) is 0 Å². The van der Waals surface area contributed by atoms with Crippen LogP contribution in [-0.4, -0.2) is 47.0 Å². The fraction of sp³-hybridized carbons (Fsp3) is 0.263. The fourth-order valence-electron chi connectivity index (χ4n) is 3.67. The molecule has 0 saturated carbocycles. The third-order valence-corrected chi connectivity index (χ3v) is 5.02. The number of carbonyl (C=O) groups excluding carboxylic acids is 1. The van der Waals surface area contributed by atoms with Crippen LogP contribution in [0.3, 0.4) is 0 Å². The van der Waals surface area contributed by atoms with Crippen LogP contribution in [0, 0.1) is 0 Å². The highest BCUT2D eigenvalue weighted by Gasteiger charge is 2.38. The van der Waals surface area contributed by atoms with E-state index >= 15 is 0 Å². The molecule has 7 nitrogen and oxygen atoms in total. The molecule has 138 valence electrons. The Hall–Kier alpha value is -2.84. The van der Waals surface area contributed by atoms with Crippen LogP contribution in [0.4, 0.5) is 0 Å². The first-order valence-corrected chi connectivity index (χ1v) is 8.73. The van der Waals surface area contributed by atoms with Gasteiger partial charge in [-0.15, -0.1) is 0 Å². The predicted molar refractivity (Wildman–Crippen MR) is 98.6 cm³/mol. The SMILES string of the molecule is CN1Cc2ccc(C(=O)N[C@H]3Cc4cccc(C(=O)O)c4OB3O)cc2C1. The maximum atomic E-state index is 12.6. The van der Waals surface area contributed by atoms with Gasteiger partial charge >= 0.3 is 13.1 Å². The minimum absolute atomic E-state index is 0.000862. The highest BCUT2D eigenvalue weighted by molar-refractivity contribution is 6.47. The zero-order chi connectivity index (χ0) is 19.1. The lowest BCUT2D eigenvalue weighted by molar-refractivity contribution is 0.0693. The summed E-state index contributed by atoms with van der Waals surface area (Å²) in [6.45, 7) is 1.67. The predicted octanol–water partition coefficient (Wildman–Crippen LogP) is 1.08. The number of benzene rings is 2. The van der Waals surface area contributed by atoms with E-state index in [9.17, 15) is 19.7 Å². The van der Waals surface area contributed by atoms with Crippen molar-refractivity contribution in [1.82, 2.24) is 10.2 Å². The van der Waals surface area contributed by atoms with Crippen LogP contribution in [0.5, 0.6) is 5.75 Å². The van der Waals surface area contributed by atoms with Crippen molar-refractivity contribution in [2.75, 3.05) is 7.05 Å². The Balaban J connectivity index is 1.52. The molecular formula is C19H19BN2O5. The van der Waals surface area contributed by atoms with Crippen molar-refractivity contribution in [3.05, 3.63) is 64.2 Å². The summed E-state index contributed by atoms with van der Waals surface area (Å²) >= 11 is 0. The first-order valence-electron chi connectivity index (χ1n) is 8.73. The van der Waals surface area contributed by atoms with E-state index in [1.54, 1.807) is 18.2 Å². The summed E-state index contributed by atoms with van der Waals surface area (Å²) in [5, 5.41) is 22.3. The van der Waals surface area contributed by atoms with Gasteiger partial charge in [0.1, 0.15) is 5.75 Å². The largest absolute Gasteiger partial charge is 0.547 e. The third-order valence-electron chi connectivity index (χ3n) is 5.02. The number of fused-ring (bicyclic) bond motifs is 2. The van der Waals surface area contributed by atoms with E-state index in [1.807, 2.05) is 19.2 Å². The molecule has 0 spiro atoms. The first-order chi connectivity index (χ1) is 12.9. The Kier molecular flexibility index (Phi) is 4.37. The minimum atomic E-state index is -1.32. The molecule has 2 aromatic rings. The van der Waals surface area contributed by atoms with Crippen molar-refractivity contribution in [3.63, 3.8) is 0 Å². The number of carbonyl (C=O) groups is 2. The number of nitrogens with zero attached hydrogens (tertiary/aromatic N) is 1. The van der Waals surface area contributed by atoms with Gasteiger partial charge in [-0.1, -0.05) is 18.2 Å². The number of nitrogens with one attached hydrogen (secondary N) is 1. The molecule has 2 heterocycles. The van der Waals surface area contributed by atoms with Gasteiger partial charge in [-0.2, -0.15) is 0 Å². The van der Waals surface area contributed by atoms with Gasteiger partial charge in [0.2, 0.25) is 0 Å². The van der Waals surface area contributed by atoms with E-state index in [0.717, 1.165) is 18.7 Å². The summed E-state index contributed by atoms with van der Waals surface area (Å²) < 4.78 is 5.42. The third kappa shape index (κ3) is 3.29. The molecule has 8 heteroatoms. The van der Waals surface area contributed by atoms with E-state index in [0.29, 0.717) is 11.1 Å². The fourth-order valence-corrected chi connectivity index (χ4v) is 3.67. The van der Waals surface area contributed by atoms with Crippen LogP contribution >= 0.6 is 0 Å². The van der Waals surface area contributed by atoms with Crippen LogP contribution in [0.15, 0.2) is 36.4 Å². The van der Waals surface area contributed by atoms with E-state index in [2.05, 4.69) is 10.2 Å². The average Bonchev–Trinajstić information content (AvgIpc) is 3.00. The Morgan fingerprint density at radius 2 is 1.96 bits per heavy atom. The van der Waals surface area contributed by atoms with Gasteiger partial charge < -0.3 is 20.1 Å². The lowest BCUT2D eigenvalue weighted by atomic mass is 9.72. The highest BCUT2D eigenvalue weighted by Crippen LogP contribution is 2.30. The van der Waals surface area contributed by atoms with Crippen molar-refractivity contribution in [2.24, 2.45) is 0 Å². The smallest absolute Gasteiger partial charge is 0.534 e. The summed E-state index contributed by atoms with van der Waals surface area (Å²) in [6, 6.07) is 10.4. The van der Waals surface area contributed by atoms with Crippen molar-refractivity contribution >= 4 is 19.0 Å². The Morgan fingerprint density at radius 3 is 2.74 bits per heavy atom. The number of amides is 1. The summed E-state index contributed by atoms with van der Waals surface area (Å²) in [5.74, 6) is -1.92. The van der Waals surface area contributed by atoms with E-state index in [4.69, 9.17) is 4.65 Å². The molecule has 0 fully saturated rings. The molecule has 2 aromatic carbocycles. The normalized spacial score (nSPS) is 18.4. The lowest BCUT2D eigenvalue weighted by Gasteiger charge is -2.28. The molecule has 27 heavy (non-hydrogen) atoms. The van der Waals surface area contributed by atoms with Crippen LogP contribution < -0.4 is 9.97 Å². The molecule has 0 aromatic heterocycles. The number of hydrogen-bond acceptors (Lipinski definition) is 5. The Labute approximate surface area is 156 Å². The second-order valence-electron chi connectivity index (χ2n) is 7.05. The molecule has 2 aliphatic heterocycles. The molecule has 0 bridgehead atoms. The lowest BCUT2D eigenvalue weighted by Crippen LogP contribution is -2.53. The van der Waals surface area contributed by atoms with Gasteiger partial charge in [0.25, 0.3) is 5.91 Å². The standard InChI is InChI=1S/C19H19BN2O5/c1-22-9-13-6-5-12(7-14(13)10-22)18(23)21-16-8-11-3-2-4-15(19(24)25)17(11)27-20(16)26/h2-7,16,26H,8-10H2,1H3,(H,21,23)(H,24,25)/t16-/m0/s1. The molecule has 2 aliphatic rings. The molecule has 0 aliphatic carbocycles. The number of aromatic carboxylic acids is 1. The van der Waals surface area contributed by atoms with Gasteiger partial charge in [-0.05, 0) is 48.4 Å². The highest BCUT2D eigenvalue weighted by atomic mass is 16.5. The van der Waals surface area contributed by atoms with E-state index < -0.39 is 19.0 Å². The van der Waals surface area contributed by atoms with Gasteiger partial charge in [0.15, 0.2) is 0 Å². The number of carboxylic acid groups (broad SMARTS) is 1. The van der Waals surface area contributed by atoms with Crippen molar-refractivity contribution in [2.45, 2.75) is 25.5 Å². The monoisotopic (exact) mass is 366 g/mol. The zero-order valence-electron chi connectivity index (χ0n) is 14.8. The van der Waals surface area contributed by atoms with Gasteiger partial charge in [-0.3, -0.25) is 9.69 Å². The maximum Gasteiger partial charge on any atom is 0.547 e. The van der Waals surface area contributed by atoms with Gasteiger partial charge in [0, 0.05) is 18.7 Å². The molecule has 3 N–H and O–H groups in total. The number of rotatable bonds is 3. The molecule has 1 atom stereocenters. The molecular weight excluding hydrogens is 347 g/mol. The second kappa shape index (κ2) is 6.72. The minimum Gasteiger partial charge on any atom is -0.534 e. The maximum absolute atomic E-state index is 12.6. The van der Waals surface area contributed by atoms with E-state index in [1.165, 1.54) is 11.6 Å². The molecule has 0 saturated heterocycles. The summed E-state index contributed by atoms with van der Waals surface area (Å²) in [6.07, 6.45) is 0.289. The van der Waals surface area contributed by atoms with Crippen LogP contribution in [0.1, 0.15) is 37.4 Å². The van der Waals surface area contributed by atoms with E-state index in [-0.39, 0.29) is 23.6 Å². The zero-order valence-corrected chi connectivity index (χ0v) is 14.8. The molecule has 4 rings (SSSR count). The molecule has 0 radical (unpaired) electrons. The average molecular weight is 366 g/mol. The number of hydrogen-bond donors (Lipinski definition) is 3. The second-order valence-corrected chi connectivity index (χ2v) is 7.05. The summed E-state index contributed by atoms with van der Waals surface area (Å²) in [7, 11) is 0.709. The number of para-hydroxylation sites is 1. The summed E-state index contributed by atoms with van der Waals surface area (Å²) in [5.41, 5.74) is 3.51. The topological polar surface area (TPSA) is 99.1 Å². The number of carboxylic acids is 1. The Morgan fingerprint density at radius 1 is 1.19 bits per heavy atom. The van der Waals surface area contributed by atoms with Crippen LogP contribution in [0.2, 0.25) is 0 Å². The molecule has 1 amide bonds. The molecule has 0 unspecified atom stereocenters.